The van der Waals surface area contributed by atoms with Crippen LogP contribution in [-0.4, -0.2) is 24.5 Å². The van der Waals surface area contributed by atoms with Crippen LogP contribution in [0, 0.1) is 34.6 Å². The van der Waals surface area contributed by atoms with Gasteiger partial charge >= 0.3 is 0 Å². The van der Waals surface area contributed by atoms with Crippen LogP contribution >= 0.6 is 12.2 Å². The van der Waals surface area contributed by atoms with Gasteiger partial charge < -0.3 is 14.8 Å². The van der Waals surface area contributed by atoms with Gasteiger partial charge in [0.15, 0.2) is 5.11 Å². The number of benzene rings is 1. The number of hydrogen-bond donors (Lipinski definition) is 1. The lowest BCUT2D eigenvalue weighted by molar-refractivity contribution is 0.310. The maximum absolute atomic E-state index is 5.89. The summed E-state index contributed by atoms with van der Waals surface area (Å²) >= 11 is 5.89. The van der Waals surface area contributed by atoms with Gasteiger partial charge in [0.05, 0.1) is 23.5 Å². The smallest absolute Gasteiger partial charge is 0.170 e. The molecule has 178 valence electrons. The van der Waals surface area contributed by atoms with Gasteiger partial charge in [-0.2, -0.15) is 0 Å². The zero-order valence-corrected chi connectivity index (χ0v) is 21.7. The highest BCUT2D eigenvalue weighted by Crippen LogP contribution is 2.42. The molecule has 0 bridgehead atoms. The van der Waals surface area contributed by atoms with Gasteiger partial charge in [-0.05, 0) is 99.4 Å². The molecule has 0 spiro atoms. The van der Waals surface area contributed by atoms with Crippen LogP contribution in [0.5, 0.6) is 0 Å². The van der Waals surface area contributed by atoms with Gasteiger partial charge in [-0.25, -0.2) is 0 Å². The van der Waals surface area contributed by atoms with Crippen LogP contribution in [0.3, 0.4) is 0 Å². The van der Waals surface area contributed by atoms with Crippen molar-refractivity contribution in [2.24, 2.45) is 0 Å². The lowest BCUT2D eigenvalue weighted by Gasteiger charge is -2.28. The maximum Gasteiger partial charge on any atom is 0.170 e. The van der Waals surface area contributed by atoms with Gasteiger partial charge in [0.2, 0.25) is 0 Å². The first-order valence-electron chi connectivity index (χ1n) is 12.0. The van der Waals surface area contributed by atoms with E-state index in [0.29, 0.717) is 6.54 Å². The topological polar surface area (TPSA) is 46.0 Å². The highest BCUT2D eigenvalue weighted by Gasteiger charge is 2.41. The number of nitrogens with one attached hydrogen (secondary N) is 1. The quantitative estimate of drug-likeness (QED) is 0.355. The molecule has 1 N–H and O–H groups in total. The number of nitrogens with zero attached hydrogens (tertiary/aromatic N) is 4. The Hall–Kier alpha value is -3.51. The van der Waals surface area contributed by atoms with Crippen molar-refractivity contribution >= 4 is 17.3 Å². The highest BCUT2D eigenvalue weighted by atomic mass is 32.1. The van der Waals surface area contributed by atoms with Crippen molar-refractivity contribution in [1.29, 1.82) is 0 Å². The fraction of sp³-hybridized carbons (Fsp3) is 0.276. The molecule has 1 aromatic carbocycles. The van der Waals surface area contributed by atoms with Crippen LogP contribution in [0.2, 0.25) is 0 Å². The van der Waals surface area contributed by atoms with Crippen molar-refractivity contribution in [3.8, 4) is 5.69 Å². The standard InChI is InChI=1S/C29H31N5S/c1-18-14-19(2)27(20(3)15-18)34-21(4)16-24(22(34)5)28-26(25-8-6-7-11-31-25)32-29(35)33(28)17-23-9-12-30-13-10-23/h6-16,26,28H,17H2,1-5H3,(H,32,35)/t26-,28+/m0/s1. The molecule has 0 saturated carbocycles. The van der Waals surface area contributed by atoms with E-state index >= 15 is 0 Å². The van der Waals surface area contributed by atoms with Gasteiger partial charge in [-0.1, -0.05) is 23.8 Å². The van der Waals surface area contributed by atoms with Crippen LogP contribution in [0.4, 0.5) is 0 Å². The minimum Gasteiger partial charge on any atom is -0.352 e. The van der Waals surface area contributed by atoms with Crippen LogP contribution < -0.4 is 5.32 Å². The second-order valence-corrected chi connectivity index (χ2v) is 9.91. The molecule has 4 aromatic rings. The molecule has 4 heterocycles. The monoisotopic (exact) mass is 481 g/mol. The van der Waals surface area contributed by atoms with Gasteiger partial charge in [-0.3, -0.25) is 9.97 Å². The molecule has 3 aromatic heterocycles. The number of thiocarbonyl (C=S) groups is 1. The van der Waals surface area contributed by atoms with Crippen molar-refractivity contribution in [3.63, 3.8) is 0 Å². The summed E-state index contributed by atoms with van der Waals surface area (Å²) in [5, 5.41) is 4.33. The van der Waals surface area contributed by atoms with Gasteiger partial charge in [-0.15, -0.1) is 0 Å². The fourth-order valence-electron chi connectivity index (χ4n) is 5.56. The molecule has 0 aliphatic carbocycles. The van der Waals surface area contributed by atoms with Crippen molar-refractivity contribution in [2.75, 3.05) is 0 Å². The van der Waals surface area contributed by atoms with Crippen molar-refractivity contribution < 1.29 is 0 Å². The highest BCUT2D eigenvalue weighted by molar-refractivity contribution is 7.80. The van der Waals surface area contributed by atoms with E-state index in [4.69, 9.17) is 17.2 Å². The molecule has 6 heteroatoms. The normalized spacial score (nSPS) is 17.6. The Labute approximate surface area is 212 Å². The van der Waals surface area contributed by atoms with E-state index in [-0.39, 0.29) is 12.1 Å². The van der Waals surface area contributed by atoms with E-state index in [1.807, 2.05) is 30.7 Å². The average molecular weight is 482 g/mol. The third-order valence-electron chi connectivity index (χ3n) is 6.95. The Bertz CT molecular complexity index is 1350. The fourth-order valence-corrected chi connectivity index (χ4v) is 5.86. The molecule has 35 heavy (non-hydrogen) atoms. The number of aryl methyl sites for hydroxylation is 4. The molecule has 2 atom stereocenters. The zero-order valence-electron chi connectivity index (χ0n) is 20.9. The first kappa shape index (κ1) is 23.2. The van der Waals surface area contributed by atoms with Gasteiger partial charge in [0.1, 0.15) is 0 Å². The predicted octanol–water partition coefficient (Wildman–Crippen LogP) is 5.98. The summed E-state index contributed by atoms with van der Waals surface area (Å²) in [6.07, 6.45) is 5.52. The van der Waals surface area contributed by atoms with E-state index in [2.05, 4.69) is 90.8 Å². The Morgan fingerprint density at radius 3 is 2.29 bits per heavy atom. The van der Waals surface area contributed by atoms with Crippen LogP contribution in [0.1, 0.15) is 57.0 Å². The molecule has 5 rings (SSSR count). The summed E-state index contributed by atoms with van der Waals surface area (Å²) in [7, 11) is 0. The van der Waals surface area contributed by atoms with E-state index < -0.39 is 0 Å². The molecule has 1 fully saturated rings. The summed E-state index contributed by atoms with van der Waals surface area (Å²) in [4.78, 5) is 11.2. The minimum absolute atomic E-state index is 0.0107. The number of aromatic nitrogens is 3. The third kappa shape index (κ3) is 4.23. The maximum atomic E-state index is 5.89. The molecular weight excluding hydrogens is 450 g/mol. The summed E-state index contributed by atoms with van der Waals surface area (Å²) in [6, 6.07) is 17.0. The molecule has 0 amide bonds. The lowest BCUT2D eigenvalue weighted by Crippen LogP contribution is -2.29. The molecule has 5 nitrogen and oxygen atoms in total. The summed E-state index contributed by atoms with van der Waals surface area (Å²) in [5.74, 6) is 0. The second-order valence-electron chi connectivity index (χ2n) is 9.52. The van der Waals surface area contributed by atoms with E-state index in [0.717, 1.165) is 10.8 Å². The Balaban J connectivity index is 1.65. The zero-order chi connectivity index (χ0) is 24.7. The number of rotatable bonds is 5. The Kier molecular flexibility index (Phi) is 6.15. The van der Waals surface area contributed by atoms with Crippen molar-refractivity contribution in [2.45, 2.75) is 53.2 Å². The largest absolute Gasteiger partial charge is 0.352 e. The van der Waals surface area contributed by atoms with Gasteiger partial charge in [0, 0.05) is 36.5 Å². The molecule has 1 aliphatic rings. The van der Waals surface area contributed by atoms with Crippen molar-refractivity contribution in [1.82, 2.24) is 24.8 Å². The van der Waals surface area contributed by atoms with E-state index in [1.165, 1.54) is 44.9 Å². The number of hydrogen-bond acceptors (Lipinski definition) is 3. The van der Waals surface area contributed by atoms with Crippen LogP contribution in [-0.2, 0) is 6.54 Å². The van der Waals surface area contributed by atoms with E-state index in [1.54, 1.807) is 0 Å². The minimum atomic E-state index is -0.0419. The first-order valence-corrected chi connectivity index (χ1v) is 12.4. The SMILES string of the molecule is Cc1cc(C)c(-n2c(C)cc([C@@H]3[C@H](c4ccccn4)NC(=S)N3Cc3ccncc3)c2C)c(C)c1. The Morgan fingerprint density at radius 1 is 0.914 bits per heavy atom. The summed E-state index contributed by atoms with van der Waals surface area (Å²) in [6.45, 7) is 11.7. The summed E-state index contributed by atoms with van der Waals surface area (Å²) < 4.78 is 2.40. The van der Waals surface area contributed by atoms with Crippen LogP contribution in [0.15, 0.2) is 67.1 Å². The lowest BCUT2D eigenvalue weighted by atomic mass is 9.96. The molecule has 0 unspecified atom stereocenters. The van der Waals surface area contributed by atoms with Crippen LogP contribution in [0.25, 0.3) is 5.69 Å². The Morgan fingerprint density at radius 2 is 1.63 bits per heavy atom. The first-order chi connectivity index (χ1) is 16.8. The molecule has 1 saturated heterocycles. The molecular formula is C29H31N5S. The predicted molar refractivity (Wildman–Crippen MR) is 145 cm³/mol. The third-order valence-corrected chi connectivity index (χ3v) is 7.30. The van der Waals surface area contributed by atoms with Gasteiger partial charge in [0.25, 0.3) is 0 Å². The number of pyridine rings is 2. The average Bonchev–Trinajstić information content (AvgIpc) is 3.30. The molecule has 0 radical (unpaired) electrons. The van der Waals surface area contributed by atoms with Crippen molar-refractivity contribution in [3.05, 3.63) is 112 Å². The molecule has 1 aliphatic heterocycles. The van der Waals surface area contributed by atoms with E-state index in [9.17, 15) is 0 Å². The summed E-state index contributed by atoms with van der Waals surface area (Å²) in [5.41, 5.74) is 11.0. The second kappa shape index (κ2) is 9.27.